The van der Waals surface area contributed by atoms with E-state index in [9.17, 15) is 4.79 Å². The van der Waals surface area contributed by atoms with E-state index in [1.165, 1.54) is 42.1 Å². The largest absolute Gasteiger partial charge is 0.337 e. The second-order valence-corrected chi connectivity index (χ2v) is 6.40. The number of hydrogen-bond acceptors (Lipinski definition) is 3. The van der Waals surface area contributed by atoms with Gasteiger partial charge >= 0.3 is 6.03 Å². The van der Waals surface area contributed by atoms with Gasteiger partial charge in [-0.05, 0) is 45.0 Å². The lowest BCUT2D eigenvalue weighted by Crippen LogP contribution is -2.41. The third kappa shape index (κ3) is 5.20. The van der Waals surface area contributed by atoms with Crippen LogP contribution in [0.15, 0.2) is 12.1 Å². The van der Waals surface area contributed by atoms with Gasteiger partial charge in [0.25, 0.3) is 0 Å². The summed E-state index contributed by atoms with van der Waals surface area (Å²) < 4.78 is 0. The number of nitrogens with zero attached hydrogens (tertiary/aromatic N) is 1. The van der Waals surface area contributed by atoms with E-state index in [1.54, 1.807) is 11.3 Å². The summed E-state index contributed by atoms with van der Waals surface area (Å²) >= 11 is 1.73. The summed E-state index contributed by atoms with van der Waals surface area (Å²) in [5, 5.41) is 5.81. The highest BCUT2D eigenvalue weighted by atomic mass is 32.1. The Balaban J connectivity index is 1.56. The van der Waals surface area contributed by atoms with Crippen LogP contribution in [0.2, 0.25) is 0 Å². The Bertz CT molecular complexity index is 399. The van der Waals surface area contributed by atoms with E-state index in [1.807, 2.05) is 0 Å². The van der Waals surface area contributed by atoms with Crippen LogP contribution in [0, 0.1) is 6.92 Å². The van der Waals surface area contributed by atoms with E-state index in [0.717, 1.165) is 13.1 Å². The first kappa shape index (κ1) is 14.3. The number of hydrogen-bond donors (Lipinski definition) is 2. The molecule has 1 aliphatic heterocycles. The maximum absolute atomic E-state index is 11.6. The Morgan fingerprint density at radius 1 is 1.26 bits per heavy atom. The summed E-state index contributed by atoms with van der Waals surface area (Å²) in [4.78, 5) is 16.5. The molecule has 1 aromatic rings. The number of thiophene rings is 1. The van der Waals surface area contributed by atoms with Crippen LogP contribution >= 0.6 is 11.3 Å². The fourth-order valence-corrected chi connectivity index (χ4v) is 3.15. The lowest BCUT2D eigenvalue weighted by Gasteiger charge is -2.26. The van der Waals surface area contributed by atoms with E-state index in [4.69, 9.17) is 0 Å². The summed E-state index contributed by atoms with van der Waals surface area (Å²) in [5.74, 6) is 0. The van der Waals surface area contributed by atoms with E-state index in [-0.39, 0.29) is 6.03 Å². The van der Waals surface area contributed by atoms with Gasteiger partial charge in [0.1, 0.15) is 0 Å². The van der Waals surface area contributed by atoms with Crippen molar-refractivity contribution in [3.8, 4) is 0 Å². The lowest BCUT2D eigenvalue weighted by molar-refractivity contribution is 0.220. The van der Waals surface area contributed by atoms with Crippen LogP contribution in [0.5, 0.6) is 0 Å². The number of piperidine rings is 1. The zero-order chi connectivity index (χ0) is 13.5. The molecule has 106 valence electrons. The van der Waals surface area contributed by atoms with Crippen LogP contribution in [-0.2, 0) is 6.54 Å². The molecule has 0 atom stereocenters. The van der Waals surface area contributed by atoms with Crippen molar-refractivity contribution in [3.05, 3.63) is 21.9 Å². The highest BCUT2D eigenvalue weighted by Crippen LogP contribution is 2.14. The minimum absolute atomic E-state index is 0.0666. The Morgan fingerprint density at radius 3 is 2.74 bits per heavy atom. The molecule has 0 bridgehead atoms. The van der Waals surface area contributed by atoms with Crippen LogP contribution < -0.4 is 10.6 Å². The third-order valence-electron chi connectivity index (χ3n) is 3.38. The van der Waals surface area contributed by atoms with Gasteiger partial charge in [0.15, 0.2) is 0 Å². The molecule has 1 fully saturated rings. The number of rotatable bonds is 5. The Morgan fingerprint density at radius 2 is 2.05 bits per heavy atom. The third-order valence-corrected chi connectivity index (χ3v) is 4.38. The zero-order valence-electron chi connectivity index (χ0n) is 11.6. The van der Waals surface area contributed by atoms with Gasteiger partial charge in [-0.1, -0.05) is 6.42 Å². The standard InChI is InChI=1S/C14H23N3OS/c1-12-5-6-13(19-12)11-16-14(18)15-7-10-17-8-3-2-4-9-17/h5-6H,2-4,7-11H2,1H3,(H2,15,16,18). The van der Waals surface area contributed by atoms with E-state index >= 15 is 0 Å². The van der Waals surface area contributed by atoms with Gasteiger partial charge in [-0.2, -0.15) is 0 Å². The molecule has 0 radical (unpaired) electrons. The van der Waals surface area contributed by atoms with Crippen molar-refractivity contribution in [1.29, 1.82) is 0 Å². The van der Waals surface area contributed by atoms with E-state index in [2.05, 4.69) is 34.6 Å². The molecular weight excluding hydrogens is 258 g/mol. The minimum atomic E-state index is -0.0666. The molecular formula is C14H23N3OS. The van der Waals surface area contributed by atoms with Crippen molar-refractivity contribution < 1.29 is 4.79 Å². The number of likely N-dealkylation sites (tertiary alicyclic amines) is 1. The smallest absolute Gasteiger partial charge is 0.315 e. The van der Waals surface area contributed by atoms with Crippen molar-refractivity contribution in [2.75, 3.05) is 26.2 Å². The molecule has 0 aromatic carbocycles. The molecule has 0 saturated carbocycles. The highest BCUT2D eigenvalue weighted by molar-refractivity contribution is 7.11. The first-order valence-electron chi connectivity index (χ1n) is 7.03. The monoisotopic (exact) mass is 281 g/mol. The number of aryl methyl sites for hydroxylation is 1. The maximum atomic E-state index is 11.6. The van der Waals surface area contributed by atoms with Crippen molar-refractivity contribution in [2.24, 2.45) is 0 Å². The average Bonchev–Trinajstić information content (AvgIpc) is 2.83. The van der Waals surface area contributed by atoms with Gasteiger partial charge in [-0.25, -0.2) is 4.79 Å². The van der Waals surface area contributed by atoms with Gasteiger partial charge in [0.05, 0.1) is 6.54 Å². The van der Waals surface area contributed by atoms with Gasteiger partial charge in [0, 0.05) is 22.8 Å². The van der Waals surface area contributed by atoms with Gasteiger partial charge < -0.3 is 15.5 Å². The van der Waals surface area contributed by atoms with Gasteiger partial charge in [0.2, 0.25) is 0 Å². The minimum Gasteiger partial charge on any atom is -0.337 e. The molecule has 2 rings (SSSR count). The van der Waals surface area contributed by atoms with Crippen LogP contribution in [0.3, 0.4) is 0 Å². The van der Waals surface area contributed by atoms with Crippen LogP contribution in [0.1, 0.15) is 29.0 Å². The normalized spacial score (nSPS) is 16.3. The van der Waals surface area contributed by atoms with E-state index < -0.39 is 0 Å². The summed E-state index contributed by atoms with van der Waals surface area (Å²) in [6.45, 7) is 6.75. The molecule has 2 N–H and O–H groups in total. The summed E-state index contributed by atoms with van der Waals surface area (Å²) in [7, 11) is 0. The second-order valence-electron chi connectivity index (χ2n) is 5.02. The van der Waals surface area contributed by atoms with Crippen LogP contribution in [0.25, 0.3) is 0 Å². The number of amides is 2. The van der Waals surface area contributed by atoms with Gasteiger partial charge in [-0.3, -0.25) is 0 Å². The summed E-state index contributed by atoms with van der Waals surface area (Å²) in [5.41, 5.74) is 0. The molecule has 19 heavy (non-hydrogen) atoms. The number of carbonyl (C=O) groups is 1. The first-order valence-corrected chi connectivity index (χ1v) is 7.85. The molecule has 4 nitrogen and oxygen atoms in total. The predicted octanol–water partition coefficient (Wildman–Crippen LogP) is 2.34. The fourth-order valence-electron chi connectivity index (χ4n) is 2.32. The fraction of sp³-hybridized carbons (Fsp3) is 0.643. The molecule has 1 aromatic heterocycles. The number of carbonyl (C=O) groups excluding carboxylic acids is 1. The first-order chi connectivity index (χ1) is 9.24. The van der Waals surface area contributed by atoms with Crippen molar-refractivity contribution in [3.63, 3.8) is 0 Å². The Kier molecular flexibility index (Phi) is 5.66. The maximum Gasteiger partial charge on any atom is 0.315 e. The Labute approximate surface area is 119 Å². The molecule has 0 aliphatic carbocycles. The highest BCUT2D eigenvalue weighted by Gasteiger charge is 2.09. The Hall–Kier alpha value is -1.07. The second kappa shape index (κ2) is 7.50. The molecule has 0 unspecified atom stereocenters. The van der Waals surface area contributed by atoms with E-state index in [0.29, 0.717) is 6.54 Å². The van der Waals surface area contributed by atoms with Crippen LogP contribution in [0.4, 0.5) is 4.79 Å². The SMILES string of the molecule is Cc1ccc(CNC(=O)NCCN2CCCCC2)s1. The quantitative estimate of drug-likeness (QED) is 0.870. The lowest BCUT2D eigenvalue weighted by atomic mass is 10.1. The number of nitrogens with one attached hydrogen (secondary N) is 2. The molecule has 0 spiro atoms. The van der Waals surface area contributed by atoms with Crippen LogP contribution in [-0.4, -0.2) is 37.1 Å². The topological polar surface area (TPSA) is 44.4 Å². The molecule has 5 heteroatoms. The van der Waals surface area contributed by atoms with Crippen molar-refractivity contribution >= 4 is 17.4 Å². The summed E-state index contributed by atoms with van der Waals surface area (Å²) in [6.07, 6.45) is 3.94. The molecule has 1 saturated heterocycles. The zero-order valence-corrected chi connectivity index (χ0v) is 12.4. The van der Waals surface area contributed by atoms with Gasteiger partial charge in [-0.15, -0.1) is 11.3 Å². The van der Waals surface area contributed by atoms with Crippen molar-refractivity contribution in [1.82, 2.24) is 15.5 Å². The predicted molar refractivity (Wildman–Crippen MR) is 79.6 cm³/mol. The molecule has 2 amide bonds. The number of urea groups is 1. The average molecular weight is 281 g/mol. The summed E-state index contributed by atoms with van der Waals surface area (Å²) in [6, 6.07) is 4.08. The molecule has 1 aliphatic rings. The molecule has 2 heterocycles. The van der Waals surface area contributed by atoms with Crippen molar-refractivity contribution in [2.45, 2.75) is 32.7 Å².